The lowest BCUT2D eigenvalue weighted by atomic mass is 9.75. The molecule has 0 atom stereocenters. The minimum absolute atomic E-state index is 0.0438. The first-order chi connectivity index (χ1) is 9.84. The molecule has 0 aromatic carbocycles. The van der Waals surface area contributed by atoms with Crippen molar-refractivity contribution in [1.29, 1.82) is 0 Å². The van der Waals surface area contributed by atoms with E-state index in [-0.39, 0.29) is 11.9 Å². The predicted molar refractivity (Wildman–Crippen MR) is 85.2 cm³/mol. The van der Waals surface area contributed by atoms with Crippen LogP contribution in [-0.2, 0) is 0 Å². The van der Waals surface area contributed by atoms with Gasteiger partial charge in [0.1, 0.15) is 0 Å². The highest BCUT2D eigenvalue weighted by Crippen LogP contribution is 2.37. The van der Waals surface area contributed by atoms with Crippen LogP contribution in [0.15, 0.2) is 12.3 Å². The summed E-state index contributed by atoms with van der Waals surface area (Å²) in [6, 6.07) is 1.90. The van der Waals surface area contributed by atoms with Crippen molar-refractivity contribution in [2.45, 2.75) is 45.6 Å². The molecule has 0 aliphatic heterocycles. The number of nitrogen functional groups attached to an aromatic ring is 1. The fourth-order valence-electron chi connectivity index (χ4n) is 2.80. The van der Waals surface area contributed by atoms with E-state index in [4.69, 9.17) is 17.4 Å². The molecular weight excluding hydrogens is 288 g/mol. The maximum Gasteiger partial charge on any atom is 0.255 e. The number of amides is 1. The molecule has 0 bridgehead atoms. The standard InChI is InChI=1S/C15H23ClN4O/c1-15(2)6-4-11(5-7-15)20(3)14(21)10-8-12(16)13(19-17)18-9-10/h8-9,11H,4-7,17H2,1-3H3,(H,18,19). The molecule has 1 aliphatic carbocycles. The minimum atomic E-state index is -0.0438. The molecule has 1 fully saturated rings. The highest BCUT2D eigenvalue weighted by molar-refractivity contribution is 6.33. The van der Waals surface area contributed by atoms with E-state index >= 15 is 0 Å². The summed E-state index contributed by atoms with van der Waals surface area (Å²) in [5.41, 5.74) is 3.28. The Hall–Kier alpha value is -1.33. The number of anilines is 1. The lowest BCUT2D eigenvalue weighted by Crippen LogP contribution is -2.40. The highest BCUT2D eigenvalue weighted by atomic mass is 35.5. The maximum absolute atomic E-state index is 12.5. The monoisotopic (exact) mass is 310 g/mol. The number of nitrogens with zero attached hydrogens (tertiary/aromatic N) is 2. The maximum atomic E-state index is 12.5. The van der Waals surface area contributed by atoms with Crippen molar-refractivity contribution in [2.24, 2.45) is 11.3 Å². The zero-order chi connectivity index (χ0) is 15.6. The number of halogens is 1. The summed E-state index contributed by atoms with van der Waals surface area (Å²) < 4.78 is 0. The normalized spacial score (nSPS) is 18.3. The van der Waals surface area contributed by atoms with Gasteiger partial charge in [-0.15, -0.1) is 0 Å². The van der Waals surface area contributed by atoms with E-state index in [0.717, 1.165) is 25.7 Å². The molecule has 0 spiro atoms. The molecule has 3 N–H and O–H groups in total. The summed E-state index contributed by atoms with van der Waals surface area (Å²) in [4.78, 5) is 18.4. The average molecular weight is 311 g/mol. The van der Waals surface area contributed by atoms with Gasteiger partial charge in [0.2, 0.25) is 0 Å². The molecule has 0 unspecified atom stereocenters. The van der Waals surface area contributed by atoms with E-state index in [1.54, 1.807) is 6.07 Å². The van der Waals surface area contributed by atoms with Crippen LogP contribution >= 0.6 is 11.6 Å². The Morgan fingerprint density at radius 1 is 1.48 bits per heavy atom. The van der Waals surface area contributed by atoms with Gasteiger partial charge in [0.15, 0.2) is 5.82 Å². The number of nitrogens with two attached hydrogens (primary N) is 1. The summed E-state index contributed by atoms with van der Waals surface area (Å²) in [5, 5.41) is 0.349. The van der Waals surface area contributed by atoms with Gasteiger partial charge in [-0.3, -0.25) is 4.79 Å². The molecule has 2 rings (SSSR count). The number of hydrogen-bond acceptors (Lipinski definition) is 4. The zero-order valence-electron chi connectivity index (χ0n) is 12.8. The lowest BCUT2D eigenvalue weighted by Gasteiger charge is -2.38. The number of nitrogens with one attached hydrogen (secondary N) is 1. The number of rotatable bonds is 3. The Morgan fingerprint density at radius 3 is 2.62 bits per heavy atom. The molecule has 1 amide bonds. The fourth-order valence-corrected chi connectivity index (χ4v) is 3.02. The molecule has 21 heavy (non-hydrogen) atoms. The van der Waals surface area contributed by atoms with Gasteiger partial charge in [0.05, 0.1) is 10.6 Å². The second kappa shape index (κ2) is 6.20. The van der Waals surface area contributed by atoms with Crippen molar-refractivity contribution in [1.82, 2.24) is 9.88 Å². The summed E-state index contributed by atoms with van der Waals surface area (Å²) in [6.45, 7) is 4.57. The van der Waals surface area contributed by atoms with Crippen molar-refractivity contribution < 1.29 is 4.79 Å². The van der Waals surface area contributed by atoms with Crippen LogP contribution in [0.3, 0.4) is 0 Å². The van der Waals surface area contributed by atoms with Gasteiger partial charge in [-0.1, -0.05) is 25.4 Å². The van der Waals surface area contributed by atoms with Crippen molar-refractivity contribution >= 4 is 23.3 Å². The SMILES string of the molecule is CN(C(=O)c1cnc(NN)c(Cl)c1)C1CCC(C)(C)CC1. The van der Waals surface area contributed by atoms with E-state index < -0.39 is 0 Å². The average Bonchev–Trinajstić information content (AvgIpc) is 2.45. The Kier molecular flexibility index (Phi) is 4.74. The van der Waals surface area contributed by atoms with Crippen LogP contribution in [0.2, 0.25) is 5.02 Å². The fraction of sp³-hybridized carbons (Fsp3) is 0.600. The van der Waals surface area contributed by atoms with Crippen LogP contribution in [0, 0.1) is 5.41 Å². The molecule has 1 heterocycles. The summed E-state index contributed by atoms with van der Waals surface area (Å²) >= 11 is 6.03. The Labute approximate surface area is 130 Å². The van der Waals surface area contributed by atoms with Gasteiger partial charge in [0.25, 0.3) is 5.91 Å². The van der Waals surface area contributed by atoms with E-state index in [1.165, 1.54) is 6.20 Å². The predicted octanol–water partition coefficient (Wildman–Crippen LogP) is 3.06. The van der Waals surface area contributed by atoms with Crippen LogP contribution in [0.25, 0.3) is 0 Å². The molecular formula is C15H23ClN4O. The molecule has 1 aliphatic rings. The van der Waals surface area contributed by atoms with Crippen LogP contribution in [0.4, 0.5) is 5.82 Å². The van der Waals surface area contributed by atoms with E-state index in [9.17, 15) is 4.79 Å². The smallest absolute Gasteiger partial charge is 0.255 e. The lowest BCUT2D eigenvalue weighted by molar-refractivity contribution is 0.0635. The molecule has 1 aromatic rings. The largest absolute Gasteiger partial charge is 0.339 e. The van der Waals surface area contributed by atoms with E-state index in [1.807, 2.05) is 11.9 Å². The molecule has 0 saturated heterocycles. The number of pyridine rings is 1. The molecule has 0 radical (unpaired) electrons. The van der Waals surface area contributed by atoms with Crippen LogP contribution < -0.4 is 11.3 Å². The summed E-state index contributed by atoms with van der Waals surface area (Å²) in [6.07, 6.45) is 5.87. The molecule has 1 aromatic heterocycles. The van der Waals surface area contributed by atoms with Crippen molar-refractivity contribution in [3.63, 3.8) is 0 Å². The van der Waals surface area contributed by atoms with Crippen LogP contribution in [-0.4, -0.2) is 28.9 Å². The van der Waals surface area contributed by atoms with Gasteiger partial charge in [-0.05, 0) is 37.2 Å². The zero-order valence-corrected chi connectivity index (χ0v) is 13.6. The first-order valence-corrected chi connectivity index (χ1v) is 7.61. The number of carbonyl (C=O) groups is 1. The summed E-state index contributed by atoms with van der Waals surface area (Å²) in [7, 11) is 1.86. The molecule has 6 heteroatoms. The molecule has 1 saturated carbocycles. The van der Waals surface area contributed by atoms with E-state index in [0.29, 0.717) is 21.8 Å². The first-order valence-electron chi connectivity index (χ1n) is 7.23. The minimum Gasteiger partial charge on any atom is -0.339 e. The first kappa shape index (κ1) is 16.0. The second-order valence-corrected chi connectivity index (χ2v) is 6.92. The van der Waals surface area contributed by atoms with E-state index in [2.05, 4.69) is 24.3 Å². The van der Waals surface area contributed by atoms with Gasteiger partial charge < -0.3 is 10.3 Å². The second-order valence-electron chi connectivity index (χ2n) is 6.51. The Balaban J connectivity index is 2.07. The number of carbonyl (C=O) groups excluding carboxylic acids is 1. The Morgan fingerprint density at radius 2 is 2.10 bits per heavy atom. The Bertz CT molecular complexity index is 522. The van der Waals surface area contributed by atoms with Gasteiger partial charge >= 0.3 is 0 Å². The highest BCUT2D eigenvalue weighted by Gasteiger charge is 2.31. The number of aromatic nitrogens is 1. The van der Waals surface area contributed by atoms with Gasteiger partial charge in [0, 0.05) is 19.3 Å². The number of hydrazine groups is 1. The summed E-state index contributed by atoms with van der Waals surface area (Å²) in [5.74, 6) is 5.61. The quantitative estimate of drug-likeness (QED) is 0.665. The van der Waals surface area contributed by atoms with Crippen LogP contribution in [0.1, 0.15) is 49.9 Å². The van der Waals surface area contributed by atoms with Crippen LogP contribution in [0.5, 0.6) is 0 Å². The molecule has 116 valence electrons. The van der Waals surface area contributed by atoms with Crippen molar-refractivity contribution in [3.05, 3.63) is 22.8 Å². The van der Waals surface area contributed by atoms with Gasteiger partial charge in [-0.2, -0.15) is 0 Å². The van der Waals surface area contributed by atoms with Gasteiger partial charge in [-0.25, -0.2) is 10.8 Å². The number of hydrogen-bond donors (Lipinski definition) is 2. The molecule has 5 nitrogen and oxygen atoms in total. The third kappa shape index (κ3) is 3.66. The third-order valence-corrected chi connectivity index (χ3v) is 4.69. The van der Waals surface area contributed by atoms with Crippen molar-refractivity contribution in [3.8, 4) is 0 Å². The van der Waals surface area contributed by atoms with Crippen molar-refractivity contribution in [2.75, 3.05) is 12.5 Å². The third-order valence-electron chi connectivity index (χ3n) is 4.40. The topological polar surface area (TPSA) is 71.2 Å².